The van der Waals surface area contributed by atoms with E-state index in [4.69, 9.17) is 0 Å². The second kappa shape index (κ2) is 6.33. The molecule has 2 rings (SSSR count). The Labute approximate surface area is 110 Å². The molecule has 0 aromatic heterocycles. The lowest BCUT2D eigenvalue weighted by Gasteiger charge is -2.25. The maximum atomic E-state index is 14.1. The summed E-state index contributed by atoms with van der Waals surface area (Å²) in [4.78, 5) is 0. The summed E-state index contributed by atoms with van der Waals surface area (Å²) in [5, 5.41) is 3.55. The number of hydrogen-bond donors (Lipinski definition) is 1. The Kier molecular flexibility index (Phi) is 4.76. The van der Waals surface area contributed by atoms with Gasteiger partial charge < -0.3 is 5.32 Å². The largest absolute Gasteiger partial charge is 0.310 e. The first-order valence-electron chi connectivity index (χ1n) is 7.21. The summed E-state index contributed by atoms with van der Waals surface area (Å²) < 4.78 is 14.1. The van der Waals surface area contributed by atoms with Crippen LogP contribution in [0.1, 0.15) is 56.2 Å². The zero-order valence-corrected chi connectivity index (χ0v) is 11.5. The highest BCUT2D eigenvalue weighted by atomic mass is 19.1. The Balaban J connectivity index is 2.20. The molecule has 0 bridgehead atoms. The lowest BCUT2D eigenvalue weighted by molar-refractivity contribution is 0.357. The molecule has 1 saturated carbocycles. The van der Waals surface area contributed by atoms with Crippen LogP contribution in [0, 0.1) is 18.7 Å². The maximum absolute atomic E-state index is 14.1. The van der Waals surface area contributed by atoms with Crippen LogP contribution in [-0.4, -0.2) is 6.54 Å². The predicted molar refractivity (Wildman–Crippen MR) is 74.1 cm³/mol. The van der Waals surface area contributed by atoms with E-state index in [9.17, 15) is 4.39 Å². The summed E-state index contributed by atoms with van der Waals surface area (Å²) in [7, 11) is 0. The monoisotopic (exact) mass is 249 g/mol. The molecule has 1 aliphatic rings. The van der Waals surface area contributed by atoms with Crippen molar-refractivity contribution in [2.75, 3.05) is 6.54 Å². The fourth-order valence-electron chi connectivity index (χ4n) is 3.01. The number of nitrogens with one attached hydrogen (secondary N) is 1. The molecule has 1 aromatic carbocycles. The first kappa shape index (κ1) is 13.5. The van der Waals surface area contributed by atoms with E-state index >= 15 is 0 Å². The minimum absolute atomic E-state index is 0.0458. The number of halogens is 1. The molecule has 1 N–H and O–H groups in total. The van der Waals surface area contributed by atoms with Crippen LogP contribution in [0.3, 0.4) is 0 Å². The van der Waals surface area contributed by atoms with Crippen molar-refractivity contribution in [3.05, 3.63) is 35.1 Å². The molecule has 0 saturated heterocycles. The summed E-state index contributed by atoms with van der Waals surface area (Å²) in [6.07, 6.45) is 6.14. The van der Waals surface area contributed by atoms with Crippen LogP contribution < -0.4 is 5.32 Å². The molecule has 2 heteroatoms. The van der Waals surface area contributed by atoms with Crippen LogP contribution in [-0.2, 0) is 0 Å². The van der Waals surface area contributed by atoms with Gasteiger partial charge in [-0.1, -0.05) is 31.9 Å². The van der Waals surface area contributed by atoms with E-state index in [2.05, 4.69) is 12.2 Å². The smallest absolute Gasteiger partial charge is 0.128 e. The zero-order valence-electron chi connectivity index (χ0n) is 11.5. The molecule has 0 amide bonds. The summed E-state index contributed by atoms with van der Waals surface area (Å²) in [5.74, 6) is 0.559. The van der Waals surface area contributed by atoms with Gasteiger partial charge in [0.1, 0.15) is 5.82 Å². The van der Waals surface area contributed by atoms with Gasteiger partial charge in [0, 0.05) is 11.6 Å². The molecule has 1 nitrogen and oxygen atoms in total. The summed E-state index contributed by atoms with van der Waals surface area (Å²) in [6.45, 7) is 5.07. The molecule has 0 aliphatic heterocycles. The van der Waals surface area contributed by atoms with Crippen LogP contribution in [0.25, 0.3) is 0 Å². The van der Waals surface area contributed by atoms with Gasteiger partial charge in [0.15, 0.2) is 0 Å². The second-order valence-electron chi connectivity index (χ2n) is 5.50. The maximum Gasteiger partial charge on any atom is 0.128 e. The average molecular weight is 249 g/mol. The molecule has 1 atom stereocenters. The van der Waals surface area contributed by atoms with Gasteiger partial charge in [-0.15, -0.1) is 0 Å². The van der Waals surface area contributed by atoms with E-state index in [-0.39, 0.29) is 11.9 Å². The van der Waals surface area contributed by atoms with Gasteiger partial charge in [-0.25, -0.2) is 4.39 Å². The van der Waals surface area contributed by atoms with Crippen molar-refractivity contribution in [1.29, 1.82) is 0 Å². The first-order chi connectivity index (χ1) is 8.72. The van der Waals surface area contributed by atoms with Crippen LogP contribution in [0.5, 0.6) is 0 Å². The molecule has 1 unspecified atom stereocenters. The molecule has 0 spiro atoms. The Bertz CT molecular complexity index is 383. The van der Waals surface area contributed by atoms with Crippen LogP contribution in [0.2, 0.25) is 0 Å². The number of rotatable bonds is 5. The van der Waals surface area contributed by atoms with Crippen molar-refractivity contribution in [2.24, 2.45) is 5.92 Å². The van der Waals surface area contributed by atoms with E-state index in [0.29, 0.717) is 5.92 Å². The third-order valence-electron chi connectivity index (χ3n) is 3.98. The van der Waals surface area contributed by atoms with Gasteiger partial charge in [-0.3, -0.25) is 0 Å². The molecule has 0 radical (unpaired) electrons. The minimum atomic E-state index is -0.0458. The fourth-order valence-corrected chi connectivity index (χ4v) is 3.01. The topological polar surface area (TPSA) is 12.0 Å². The van der Waals surface area contributed by atoms with Crippen molar-refractivity contribution in [3.63, 3.8) is 0 Å². The highest BCUT2D eigenvalue weighted by Crippen LogP contribution is 2.36. The van der Waals surface area contributed by atoms with Gasteiger partial charge in [0.05, 0.1) is 0 Å². The van der Waals surface area contributed by atoms with Crippen LogP contribution >= 0.6 is 0 Å². The van der Waals surface area contributed by atoms with Gasteiger partial charge in [0.2, 0.25) is 0 Å². The van der Waals surface area contributed by atoms with Gasteiger partial charge in [-0.2, -0.15) is 0 Å². The molecule has 1 aliphatic carbocycles. The van der Waals surface area contributed by atoms with Gasteiger partial charge in [0.25, 0.3) is 0 Å². The van der Waals surface area contributed by atoms with E-state index in [1.165, 1.54) is 25.7 Å². The highest BCUT2D eigenvalue weighted by molar-refractivity contribution is 5.27. The summed E-state index contributed by atoms with van der Waals surface area (Å²) in [5.41, 5.74) is 1.86. The molecular formula is C16H24FN. The molecule has 100 valence electrons. The summed E-state index contributed by atoms with van der Waals surface area (Å²) in [6, 6.07) is 5.85. The van der Waals surface area contributed by atoms with Crippen molar-refractivity contribution in [1.82, 2.24) is 5.32 Å². The number of benzene rings is 1. The predicted octanol–water partition coefficient (Wildman–Crippen LogP) is 4.37. The minimum Gasteiger partial charge on any atom is -0.310 e. The third-order valence-corrected chi connectivity index (χ3v) is 3.98. The number of hydrogen-bond acceptors (Lipinski definition) is 1. The molecular weight excluding hydrogens is 225 g/mol. The van der Waals surface area contributed by atoms with Gasteiger partial charge >= 0.3 is 0 Å². The second-order valence-corrected chi connectivity index (χ2v) is 5.50. The first-order valence-corrected chi connectivity index (χ1v) is 7.21. The zero-order chi connectivity index (χ0) is 13.0. The van der Waals surface area contributed by atoms with E-state index < -0.39 is 0 Å². The average Bonchev–Trinajstić information content (AvgIpc) is 2.85. The van der Waals surface area contributed by atoms with Crippen molar-refractivity contribution in [3.8, 4) is 0 Å². The summed E-state index contributed by atoms with van der Waals surface area (Å²) >= 11 is 0. The van der Waals surface area contributed by atoms with Crippen molar-refractivity contribution >= 4 is 0 Å². The Hall–Kier alpha value is -0.890. The van der Waals surface area contributed by atoms with Crippen LogP contribution in [0.4, 0.5) is 4.39 Å². The molecule has 18 heavy (non-hydrogen) atoms. The lowest BCUT2D eigenvalue weighted by atomic mass is 9.90. The molecule has 1 fully saturated rings. The van der Waals surface area contributed by atoms with E-state index in [1.54, 1.807) is 6.07 Å². The van der Waals surface area contributed by atoms with Gasteiger partial charge in [-0.05, 0) is 50.3 Å². The van der Waals surface area contributed by atoms with E-state index in [1.807, 2.05) is 19.1 Å². The fraction of sp³-hybridized carbons (Fsp3) is 0.625. The molecule has 1 aromatic rings. The highest BCUT2D eigenvalue weighted by Gasteiger charge is 2.27. The Morgan fingerprint density at radius 2 is 2.06 bits per heavy atom. The van der Waals surface area contributed by atoms with E-state index in [0.717, 1.165) is 24.1 Å². The number of aryl methyl sites for hydroxylation is 1. The van der Waals surface area contributed by atoms with Crippen LogP contribution in [0.15, 0.2) is 18.2 Å². The Morgan fingerprint density at radius 3 is 2.67 bits per heavy atom. The Morgan fingerprint density at radius 1 is 1.33 bits per heavy atom. The van der Waals surface area contributed by atoms with Crippen molar-refractivity contribution < 1.29 is 4.39 Å². The normalized spacial score (nSPS) is 18.2. The quantitative estimate of drug-likeness (QED) is 0.817. The lowest BCUT2D eigenvalue weighted by Crippen LogP contribution is -2.28. The molecule has 0 heterocycles. The standard InChI is InChI=1S/C16H24FN/c1-3-10-18-16(13-6-4-5-7-13)14-9-8-12(2)11-15(14)17/h8-9,11,13,16,18H,3-7,10H2,1-2H3. The van der Waals surface area contributed by atoms with Crippen molar-refractivity contribution in [2.45, 2.75) is 52.0 Å². The SMILES string of the molecule is CCCNC(c1ccc(C)cc1F)C1CCCC1. The third kappa shape index (κ3) is 3.11.